The fourth-order valence-corrected chi connectivity index (χ4v) is 4.14. The van der Waals surface area contributed by atoms with Crippen molar-refractivity contribution in [1.82, 2.24) is 14.7 Å². The molecule has 5 nitrogen and oxygen atoms in total. The van der Waals surface area contributed by atoms with Gasteiger partial charge in [0, 0.05) is 32.2 Å². The van der Waals surface area contributed by atoms with Crippen molar-refractivity contribution in [1.29, 1.82) is 0 Å². The molecular weight excluding hydrogens is 410 g/mol. The molecule has 1 aromatic heterocycles. The minimum atomic E-state index is -0.331. The fraction of sp³-hybridized carbons (Fsp3) is 0.464. The molecule has 0 unspecified atom stereocenters. The summed E-state index contributed by atoms with van der Waals surface area (Å²) in [4.78, 5) is 2.34. The van der Waals surface area contributed by atoms with Gasteiger partial charge in [-0.1, -0.05) is 81.6 Å². The lowest BCUT2D eigenvalue weighted by Crippen LogP contribution is -2.35. The minimum Gasteiger partial charge on any atom is -0.439 e. The second-order valence-corrected chi connectivity index (χ2v) is 9.42. The molecule has 0 aliphatic heterocycles. The number of aliphatic hydroxyl groups is 1. The van der Waals surface area contributed by atoms with E-state index in [2.05, 4.69) is 56.9 Å². The highest BCUT2D eigenvalue weighted by Gasteiger charge is 2.23. The molecule has 0 fully saturated rings. The van der Waals surface area contributed by atoms with Crippen molar-refractivity contribution in [2.75, 3.05) is 13.1 Å². The summed E-state index contributed by atoms with van der Waals surface area (Å²) in [5.41, 5.74) is 4.24. The van der Waals surface area contributed by atoms with E-state index in [0.29, 0.717) is 19.0 Å². The summed E-state index contributed by atoms with van der Waals surface area (Å²) in [5, 5.41) is 15.5. The van der Waals surface area contributed by atoms with Crippen LogP contribution in [-0.4, -0.2) is 39.0 Å². The van der Waals surface area contributed by atoms with Crippen molar-refractivity contribution < 1.29 is 9.84 Å². The Hall–Kier alpha value is -2.63. The Labute approximate surface area is 199 Å². The van der Waals surface area contributed by atoms with E-state index in [1.807, 2.05) is 42.1 Å². The van der Waals surface area contributed by atoms with Gasteiger partial charge in [0.05, 0.1) is 11.7 Å². The van der Waals surface area contributed by atoms with Gasteiger partial charge in [-0.2, -0.15) is 5.10 Å². The number of hydrogen-bond donors (Lipinski definition) is 1. The number of aryl methyl sites for hydroxylation is 2. The summed E-state index contributed by atoms with van der Waals surface area (Å²) >= 11 is 0. The van der Waals surface area contributed by atoms with Crippen LogP contribution < -0.4 is 4.74 Å². The molecule has 0 spiro atoms. The summed E-state index contributed by atoms with van der Waals surface area (Å²) < 4.78 is 8.22. The van der Waals surface area contributed by atoms with Crippen molar-refractivity contribution in [2.45, 2.75) is 59.6 Å². The average molecular weight is 450 g/mol. The van der Waals surface area contributed by atoms with Crippen molar-refractivity contribution in [3.63, 3.8) is 0 Å². The maximum atomic E-state index is 10.7. The maximum Gasteiger partial charge on any atom is 0.222 e. The van der Waals surface area contributed by atoms with Crippen LogP contribution in [0, 0.1) is 12.8 Å². The first-order valence-corrected chi connectivity index (χ1v) is 12.1. The van der Waals surface area contributed by atoms with E-state index < -0.39 is 0 Å². The maximum absolute atomic E-state index is 10.7. The molecule has 178 valence electrons. The monoisotopic (exact) mass is 449 g/mol. The number of hydrogen-bond acceptors (Lipinski definition) is 4. The molecule has 5 heteroatoms. The first-order valence-electron chi connectivity index (χ1n) is 12.1. The molecule has 0 aliphatic rings. The standard InChI is InChI=1S/C28H39N3O2/c1-6-7-13-24(32)19-31(18-21(2)3)20-26-27(23-11-9-8-10-12-23)29-30(5)28(26)33-25-16-14-22(4)15-17-25/h8-12,14-17,21,24,32H,6-7,13,18-20H2,1-5H3/t24-/m1/s1. The zero-order valence-electron chi connectivity index (χ0n) is 20.8. The van der Waals surface area contributed by atoms with Crippen LogP contribution in [0.3, 0.4) is 0 Å². The lowest BCUT2D eigenvalue weighted by molar-refractivity contribution is 0.0929. The second kappa shape index (κ2) is 12.0. The van der Waals surface area contributed by atoms with E-state index in [-0.39, 0.29) is 6.10 Å². The number of aromatic nitrogens is 2. The van der Waals surface area contributed by atoms with Crippen LogP contribution in [0.1, 0.15) is 51.2 Å². The summed E-state index contributed by atoms with van der Waals surface area (Å²) in [7, 11) is 1.93. The van der Waals surface area contributed by atoms with Crippen LogP contribution in [0.5, 0.6) is 11.6 Å². The lowest BCUT2D eigenvalue weighted by Gasteiger charge is -2.27. The smallest absolute Gasteiger partial charge is 0.222 e. The Balaban J connectivity index is 1.97. The first kappa shape index (κ1) is 25.0. The quantitative estimate of drug-likeness (QED) is 0.358. The number of nitrogens with zero attached hydrogens (tertiary/aromatic N) is 3. The van der Waals surface area contributed by atoms with Crippen LogP contribution in [0.25, 0.3) is 11.3 Å². The minimum absolute atomic E-state index is 0.331. The number of benzene rings is 2. The van der Waals surface area contributed by atoms with E-state index in [4.69, 9.17) is 9.84 Å². The van der Waals surface area contributed by atoms with Crippen LogP contribution in [0.2, 0.25) is 0 Å². The molecule has 0 saturated carbocycles. The Morgan fingerprint density at radius 1 is 1.03 bits per heavy atom. The van der Waals surface area contributed by atoms with Crippen molar-refractivity contribution in [2.24, 2.45) is 13.0 Å². The van der Waals surface area contributed by atoms with E-state index in [1.165, 1.54) is 5.56 Å². The molecule has 2 aromatic carbocycles. The lowest BCUT2D eigenvalue weighted by atomic mass is 10.1. The fourth-order valence-electron chi connectivity index (χ4n) is 4.14. The molecule has 0 radical (unpaired) electrons. The third-order valence-corrected chi connectivity index (χ3v) is 5.74. The molecule has 3 aromatic rings. The van der Waals surface area contributed by atoms with Gasteiger partial charge < -0.3 is 9.84 Å². The number of unbranched alkanes of at least 4 members (excludes halogenated alkanes) is 1. The van der Waals surface area contributed by atoms with Gasteiger partial charge in [0.25, 0.3) is 0 Å². The molecule has 1 heterocycles. The van der Waals surface area contributed by atoms with E-state index in [0.717, 1.165) is 54.3 Å². The zero-order chi connectivity index (χ0) is 23.8. The summed E-state index contributed by atoms with van der Waals surface area (Å²) in [6.45, 7) is 10.9. The number of rotatable bonds is 12. The van der Waals surface area contributed by atoms with Crippen LogP contribution in [0.15, 0.2) is 54.6 Å². The third-order valence-electron chi connectivity index (χ3n) is 5.74. The van der Waals surface area contributed by atoms with Crippen LogP contribution in [0.4, 0.5) is 0 Å². The van der Waals surface area contributed by atoms with Crippen LogP contribution >= 0.6 is 0 Å². The predicted molar refractivity (Wildman–Crippen MR) is 136 cm³/mol. The van der Waals surface area contributed by atoms with Gasteiger partial charge in [0.1, 0.15) is 11.4 Å². The second-order valence-electron chi connectivity index (χ2n) is 9.42. The van der Waals surface area contributed by atoms with Gasteiger partial charge in [-0.25, -0.2) is 4.68 Å². The molecule has 1 N–H and O–H groups in total. The zero-order valence-corrected chi connectivity index (χ0v) is 20.8. The molecule has 1 atom stereocenters. The third kappa shape index (κ3) is 7.18. The van der Waals surface area contributed by atoms with Gasteiger partial charge in [-0.3, -0.25) is 4.90 Å². The highest BCUT2D eigenvalue weighted by molar-refractivity contribution is 5.65. The molecule has 0 bridgehead atoms. The van der Waals surface area contributed by atoms with Gasteiger partial charge in [0.15, 0.2) is 0 Å². The SMILES string of the molecule is CCCC[C@@H](O)CN(Cc1c(-c2ccccc2)nn(C)c1Oc1ccc(C)cc1)CC(C)C. The van der Waals surface area contributed by atoms with Crippen molar-refractivity contribution >= 4 is 0 Å². The van der Waals surface area contributed by atoms with Crippen molar-refractivity contribution in [3.05, 3.63) is 65.7 Å². The topological polar surface area (TPSA) is 50.5 Å². The summed E-state index contributed by atoms with van der Waals surface area (Å²) in [6.07, 6.45) is 2.63. The molecule has 0 amide bonds. The predicted octanol–water partition coefficient (Wildman–Crippen LogP) is 6.20. The van der Waals surface area contributed by atoms with Crippen LogP contribution in [-0.2, 0) is 13.6 Å². The van der Waals surface area contributed by atoms with Gasteiger partial charge in [-0.15, -0.1) is 0 Å². The highest BCUT2D eigenvalue weighted by atomic mass is 16.5. The first-order chi connectivity index (χ1) is 15.9. The summed E-state index contributed by atoms with van der Waals surface area (Å²) in [6, 6.07) is 18.4. The molecule has 0 saturated heterocycles. The van der Waals surface area contributed by atoms with E-state index >= 15 is 0 Å². The summed E-state index contributed by atoms with van der Waals surface area (Å²) in [5.74, 6) is 2.03. The Bertz CT molecular complexity index is 980. The van der Waals surface area contributed by atoms with E-state index in [1.54, 1.807) is 0 Å². The number of aliphatic hydroxyl groups excluding tert-OH is 1. The average Bonchev–Trinajstić information content (AvgIpc) is 3.09. The van der Waals surface area contributed by atoms with Gasteiger partial charge in [-0.05, 0) is 31.4 Å². The largest absolute Gasteiger partial charge is 0.439 e. The number of ether oxygens (including phenoxy) is 1. The Morgan fingerprint density at radius 3 is 2.36 bits per heavy atom. The van der Waals surface area contributed by atoms with Gasteiger partial charge >= 0.3 is 0 Å². The van der Waals surface area contributed by atoms with E-state index in [9.17, 15) is 5.11 Å². The normalized spacial score (nSPS) is 12.5. The molecule has 33 heavy (non-hydrogen) atoms. The highest BCUT2D eigenvalue weighted by Crippen LogP contribution is 2.34. The van der Waals surface area contributed by atoms with Gasteiger partial charge in [0.2, 0.25) is 5.88 Å². The van der Waals surface area contributed by atoms with Crippen molar-refractivity contribution in [3.8, 4) is 22.9 Å². The molecular formula is C28H39N3O2. The Morgan fingerprint density at radius 2 is 1.73 bits per heavy atom. The Kier molecular flexibility index (Phi) is 9.10. The molecule has 0 aliphatic carbocycles. The molecule has 3 rings (SSSR count).